The molecule has 2 nitrogen and oxygen atoms in total. The van der Waals surface area contributed by atoms with Crippen LogP contribution < -0.4 is 5.73 Å². The van der Waals surface area contributed by atoms with Crippen LogP contribution in [0.25, 0.3) is 0 Å². The fourth-order valence-electron chi connectivity index (χ4n) is 2.97. The summed E-state index contributed by atoms with van der Waals surface area (Å²) in [4.78, 5) is 2.53. The van der Waals surface area contributed by atoms with Crippen molar-refractivity contribution in [2.24, 2.45) is 11.7 Å². The Morgan fingerprint density at radius 2 is 2.11 bits per heavy atom. The Balaban J connectivity index is 2.03. The third-order valence-electron chi connectivity index (χ3n) is 3.93. The molecule has 1 aliphatic rings. The van der Waals surface area contributed by atoms with Crippen LogP contribution >= 0.6 is 11.6 Å². The van der Waals surface area contributed by atoms with Gasteiger partial charge in [0.15, 0.2) is 0 Å². The van der Waals surface area contributed by atoms with E-state index in [9.17, 15) is 0 Å². The highest BCUT2D eigenvalue weighted by atomic mass is 35.5. The molecule has 2 rings (SSSR count). The van der Waals surface area contributed by atoms with E-state index in [0.717, 1.165) is 10.9 Å². The minimum atomic E-state index is 0.351. The average molecular weight is 267 g/mol. The topological polar surface area (TPSA) is 29.3 Å². The van der Waals surface area contributed by atoms with Crippen molar-refractivity contribution in [3.8, 4) is 0 Å². The second-order valence-corrected chi connectivity index (χ2v) is 5.68. The second-order valence-electron chi connectivity index (χ2n) is 5.24. The number of nitrogens with zero attached hydrogens (tertiary/aromatic N) is 1. The summed E-state index contributed by atoms with van der Waals surface area (Å²) < 4.78 is 0. The van der Waals surface area contributed by atoms with Crippen LogP contribution in [0.15, 0.2) is 24.3 Å². The normalized spacial score (nSPS) is 22.3. The highest BCUT2D eigenvalue weighted by Crippen LogP contribution is 2.29. The van der Waals surface area contributed by atoms with Crippen molar-refractivity contribution in [2.45, 2.75) is 32.2 Å². The van der Waals surface area contributed by atoms with E-state index in [2.05, 4.69) is 24.0 Å². The van der Waals surface area contributed by atoms with Crippen LogP contribution in [0.3, 0.4) is 0 Å². The van der Waals surface area contributed by atoms with Crippen LogP contribution in [0, 0.1) is 5.92 Å². The van der Waals surface area contributed by atoms with Crippen molar-refractivity contribution < 1.29 is 0 Å². The third-order valence-corrected chi connectivity index (χ3v) is 4.18. The highest BCUT2D eigenvalue weighted by molar-refractivity contribution is 6.30. The van der Waals surface area contributed by atoms with E-state index in [1.807, 2.05) is 12.1 Å². The summed E-state index contributed by atoms with van der Waals surface area (Å²) in [6, 6.07) is 8.47. The molecule has 2 atom stereocenters. The number of hydrogen-bond acceptors (Lipinski definition) is 2. The number of hydrogen-bond donors (Lipinski definition) is 1. The van der Waals surface area contributed by atoms with Crippen LogP contribution in [0.2, 0.25) is 5.02 Å². The lowest BCUT2D eigenvalue weighted by atomic mass is 10.0. The molecule has 1 aromatic rings. The molecule has 0 spiro atoms. The van der Waals surface area contributed by atoms with Gasteiger partial charge in [0.25, 0.3) is 0 Å². The van der Waals surface area contributed by atoms with Gasteiger partial charge < -0.3 is 5.73 Å². The van der Waals surface area contributed by atoms with Gasteiger partial charge in [-0.3, -0.25) is 4.90 Å². The van der Waals surface area contributed by atoms with Crippen molar-refractivity contribution >= 4 is 11.6 Å². The summed E-state index contributed by atoms with van der Waals surface area (Å²) >= 11 is 5.94. The molecule has 0 aliphatic carbocycles. The third kappa shape index (κ3) is 3.25. The number of halogens is 1. The van der Waals surface area contributed by atoms with Crippen molar-refractivity contribution in [1.82, 2.24) is 4.90 Å². The van der Waals surface area contributed by atoms with E-state index in [1.54, 1.807) is 0 Å². The van der Waals surface area contributed by atoms with E-state index in [-0.39, 0.29) is 0 Å². The molecule has 0 saturated carbocycles. The van der Waals surface area contributed by atoms with Gasteiger partial charge in [-0.2, -0.15) is 0 Å². The SMILES string of the molecule is CCCC1CCN(C(CN)c2ccc(Cl)cc2)C1. The van der Waals surface area contributed by atoms with Gasteiger partial charge >= 0.3 is 0 Å². The maximum Gasteiger partial charge on any atom is 0.0470 e. The Morgan fingerprint density at radius 3 is 2.72 bits per heavy atom. The fraction of sp³-hybridized carbons (Fsp3) is 0.600. The predicted molar refractivity (Wildman–Crippen MR) is 77.8 cm³/mol. The number of benzene rings is 1. The molecule has 18 heavy (non-hydrogen) atoms. The van der Waals surface area contributed by atoms with Gasteiger partial charge in [-0.05, 0) is 43.0 Å². The monoisotopic (exact) mass is 266 g/mol. The lowest BCUT2D eigenvalue weighted by Crippen LogP contribution is -2.32. The summed E-state index contributed by atoms with van der Waals surface area (Å²) in [5.41, 5.74) is 7.26. The van der Waals surface area contributed by atoms with Gasteiger partial charge in [-0.15, -0.1) is 0 Å². The fourth-order valence-corrected chi connectivity index (χ4v) is 3.10. The molecule has 1 aliphatic heterocycles. The standard InChI is InChI=1S/C15H23ClN2/c1-2-3-12-8-9-18(11-12)15(10-17)13-4-6-14(16)7-5-13/h4-7,12,15H,2-3,8-11,17H2,1H3. The Bertz CT molecular complexity index is 363. The van der Waals surface area contributed by atoms with Gasteiger partial charge in [0, 0.05) is 24.2 Å². The van der Waals surface area contributed by atoms with E-state index in [0.29, 0.717) is 12.6 Å². The number of rotatable bonds is 5. The molecule has 2 N–H and O–H groups in total. The molecule has 100 valence electrons. The van der Waals surface area contributed by atoms with Gasteiger partial charge in [0.2, 0.25) is 0 Å². The first-order chi connectivity index (χ1) is 8.74. The van der Waals surface area contributed by atoms with Crippen LogP contribution in [0.5, 0.6) is 0 Å². The molecule has 1 heterocycles. The van der Waals surface area contributed by atoms with Crippen LogP contribution in [0.1, 0.15) is 37.8 Å². The van der Waals surface area contributed by atoms with Crippen LogP contribution in [-0.4, -0.2) is 24.5 Å². The Kier molecular flexibility index (Phi) is 5.04. The van der Waals surface area contributed by atoms with Crippen molar-refractivity contribution in [1.29, 1.82) is 0 Å². The van der Waals surface area contributed by atoms with E-state index in [4.69, 9.17) is 17.3 Å². The maximum absolute atomic E-state index is 5.97. The van der Waals surface area contributed by atoms with E-state index >= 15 is 0 Å². The maximum atomic E-state index is 5.97. The van der Waals surface area contributed by atoms with Gasteiger partial charge in [-0.25, -0.2) is 0 Å². The first-order valence-corrected chi connectivity index (χ1v) is 7.32. The summed E-state index contributed by atoms with van der Waals surface area (Å²) in [6.45, 7) is 5.32. The van der Waals surface area contributed by atoms with Crippen molar-refractivity contribution in [2.75, 3.05) is 19.6 Å². The predicted octanol–water partition coefficient (Wildman–Crippen LogP) is 3.46. The lowest BCUT2D eigenvalue weighted by Gasteiger charge is -2.27. The average Bonchev–Trinajstić information content (AvgIpc) is 2.82. The first-order valence-electron chi connectivity index (χ1n) is 6.94. The second kappa shape index (κ2) is 6.55. The smallest absolute Gasteiger partial charge is 0.0470 e. The summed E-state index contributed by atoms with van der Waals surface area (Å²) in [5, 5.41) is 0.791. The molecule has 0 aromatic heterocycles. The summed E-state index contributed by atoms with van der Waals surface area (Å²) in [7, 11) is 0. The molecule has 2 unspecified atom stereocenters. The lowest BCUT2D eigenvalue weighted by molar-refractivity contribution is 0.240. The zero-order chi connectivity index (χ0) is 13.0. The highest BCUT2D eigenvalue weighted by Gasteiger charge is 2.27. The molecular formula is C15H23ClN2. The molecule has 0 bridgehead atoms. The minimum Gasteiger partial charge on any atom is -0.329 e. The van der Waals surface area contributed by atoms with Crippen molar-refractivity contribution in [3.63, 3.8) is 0 Å². The van der Waals surface area contributed by atoms with E-state index < -0.39 is 0 Å². The quantitative estimate of drug-likeness (QED) is 0.884. The molecule has 1 aromatic carbocycles. The van der Waals surface area contributed by atoms with Crippen molar-refractivity contribution in [3.05, 3.63) is 34.9 Å². The largest absolute Gasteiger partial charge is 0.329 e. The number of likely N-dealkylation sites (tertiary alicyclic amines) is 1. The first kappa shape index (κ1) is 13.9. The Morgan fingerprint density at radius 1 is 1.39 bits per heavy atom. The molecule has 1 fully saturated rings. The Hall–Kier alpha value is -0.570. The van der Waals surface area contributed by atoms with Crippen LogP contribution in [0.4, 0.5) is 0 Å². The molecular weight excluding hydrogens is 244 g/mol. The van der Waals surface area contributed by atoms with Gasteiger partial charge in [0.1, 0.15) is 0 Å². The molecule has 0 amide bonds. The van der Waals surface area contributed by atoms with Gasteiger partial charge in [-0.1, -0.05) is 37.1 Å². The summed E-state index contributed by atoms with van der Waals surface area (Å²) in [5.74, 6) is 0.858. The Labute approximate surface area is 115 Å². The zero-order valence-electron chi connectivity index (χ0n) is 11.1. The van der Waals surface area contributed by atoms with E-state index in [1.165, 1.54) is 37.9 Å². The molecule has 0 radical (unpaired) electrons. The summed E-state index contributed by atoms with van der Waals surface area (Å²) in [6.07, 6.45) is 3.94. The molecule has 1 saturated heterocycles. The minimum absolute atomic E-state index is 0.351. The van der Waals surface area contributed by atoms with Crippen LogP contribution in [-0.2, 0) is 0 Å². The number of nitrogens with two attached hydrogens (primary N) is 1. The zero-order valence-corrected chi connectivity index (χ0v) is 11.9. The molecule has 3 heteroatoms. The van der Waals surface area contributed by atoms with Gasteiger partial charge in [0.05, 0.1) is 0 Å².